The molecule has 0 saturated heterocycles. The Bertz CT molecular complexity index is 1120. The minimum atomic E-state index is -0.870. The third kappa shape index (κ3) is 5.10. The molecule has 0 bridgehead atoms. The van der Waals surface area contributed by atoms with Crippen molar-refractivity contribution < 1.29 is 18.4 Å². The molecule has 1 aromatic carbocycles. The summed E-state index contributed by atoms with van der Waals surface area (Å²) in [5, 5.41) is 15.1. The number of nitrogens with one attached hydrogen (secondary N) is 1. The van der Waals surface area contributed by atoms with Crippen molar-refractivity contribution >= 4 is 17.5 Å². The van der Waals surface area contributed by atoms with Crippen molar-refractivity contribution in [3.63, 3.8) is 0 Å². The summed E-state index contributed by atoms with van der Waals surface area (Å²) in [4.78, 5) is 28.8. The molecule has 2 aromatic heterocycles. The van der Waals surface area contributed by atoms with E-state index in [1.54, 1.807) is 32.0 Å². The fourth-order valence-electron chi connectivity index (χ4n) is 4.14. The third-order valence-corrected chi connectivity index (χ3v) is 5.77. The highest BCUT2D eigenvalue weighted by Gasteiger charge is 2.33. The van der Waals surface area contributed by atoms with E-state index >= 15 is 0 Å². The van der Waals surface area contributed by atoms with Crippen LogP contribution in [-0.2, 0) is 16.1 Å². The number of aromatic nitrogens is 4. The molecular formula is C23H27FN6O3. The van der Waals surface area contributed by atoms with E-state index in [2.05, 4.69) is 20.7 Å². The van der Waals surface area contributed by atoms with Crippen molar-refractivity contribution in [1.82, 2.24) is 25.5 Å². The second-order valence-corrected chi connectivity index (χ2v) is 8.18. The predicted octanol–water partition coefficient (Wildman–Crippen LogP) is 3.25. The van der Waals surface area contributed by atoms with Crippen LogP contribution in [0.2, 0.25) is 0 Å². The molecule has 1 unspecified atom stereocenters. The van der Waals surface area contributed by atoms with Crippen LogP contribution < -0.4 is 10.2 Å². The predicted molar refractivity (Wildman–Crippen MR) is 119 cm³/mol. The zero-order valence-electron chi connectivity index (χ0n) is 18.7. The smallest absolute Gasteiger partial charge is 0.251 e. The number of carbonyl (C=O) groups is 2. The van der Waals surface area contributed by atoms with Crippen LogP contribution >= 0.6 is 0 Å². The van der Waals surface area contributed by atoms with Gasteiger partial charge in [-0.2, -0.15) is 4.80 Å². The zero-order chi connectivity index (χ0) is 23.4. The molecule has 3 aromatic rings. The number of nitrogens with zero attached hydrogens (tertiary/aromatic N) is 5. The van der Waals surface area contributed by atoms with Crippen LogP contribution in [0.4, 0.5) is 10.1 Å². The van der Waals surface area contributed by atoms with E-state index in [0.29, 0.717) is 17.9 Å². The molecule has 2 heterocycles. The number of carbonyl (C=O) groups excluding carboxylic acids is 2. The number of benzene rings is 1. The molecular weight excluding hydrogens is 427 g/mol. The van der Waals surface area contributed by atoms with Crippen molar-refractivity contribution in [3.05, 3.63) is 48.0 Å². The summed E-state index contributed by atoms with van der Waals surface area (Å²) in [5.41, 5.74) is 0.0397. The SMILES string of the molecule is CCC(C(=O)NC1CCCC1)N(C(=O)Cn1nnc(-c2ccc(C)o2)n1)c1ccccc1F. The zero-order valence-corrected chi connectivity index (χ0v) is 18.7. The molecule has 1 saturated carbocycles. The van der Waals surface area contributed by atoms with Crippen LogP contribution in [0.5, 0.6) is 0 Å². The normalized spacial score (nSPS) is 14.9. The van der Waals surface area contributed by atoms with Crippen LogP contribution in [-0.4, -0.2) is 44.1 Å². The topological polar surface area (TPSA) is 106 Å². The first-order chi connectivity index (χ1) is 16.0. The maximum atomic E-state index is 14.7. The molecule has 1 aliphatic carbocycles. The van der Waals surface area contributed by atoms with E-state index in [1.165, 1.54) is 23.1 Å². The number of anilines is 1. The van der Waals surface area contributed by atoms with E-state index in [9.17, 15) is 14.0 Å². The molecule has 0 radical (unpaired) electrons. The van der Waals surface area contributed by atoms with Gasteiger partial charge in [-0.1, -0.05) is 31.9 Å². The molecule has 9 nitrogen and oxygen atoms in total. The van der Waals surface area contributed by atoms with Gasteiger partial charge in [0.25, 0.3) is 5.91 Å². The number of aryl methyl sites for hydroxylation is 1. The second-order valence-electron chi connectivity index (χ2n) is 8.18. The molecule has 33 heavy (non-hydrogen) atoms. The lowest BCUT2D eigenvalue weighted by Crippen LogP contribution is -2.52. The van der Waals surface area contributed by atoms with E-state index in [1.807, 2.05) is 0 Å². The molecule has 1 atom stereocenters. The van der Waals surface area contributed by atoms with Crippen LogP contribution in [0, 0.1) is 12.7 Å². The summed E-state index contributed by atoms with van der Waals surface area (Å²) in [6.45, 7) is 3.28. The number of halogens is 1. The van der Waals surface area contributed by atoms with Crippen LogP contribution in [0.3, 0.4) is 0 Å². The van der Waals surface area contributed by atoms with Gasteiger partial charge in [0.2, 0.25) is 11.7 Å². The van der Waals surface area contributed by atoms with Crippen molar-refractivity contribution in [2.75, 3.05) is 4.90 Å². The minimum absolute atomic E-state index is 0.0397. The highest BCUT2D eigenvalue weighted by atomic mass is 19.1. The fourth-order valence-corrected chi connectivity index (χ4v) is 4.14. The van der Waals surface area contributed by atoms with E-state index in [-0.39, 0.29) is 30.0 Å². The second kappa shape index (κ2) is 9.93. The molecule has 0 aliphatic heterocycles. The molecule has 4 rings (SSSR count). The van der Waals surface area contributed by atoms with Crippen LogP contribution in [0.1, 0.15) is 44.8 Å². The first-order valence-electron chi connectivity index (χ1n) is 11.2. The molecule has 1 N–H and O–H groups in total. The van der Waals surface area contributed by atoms with Gasteiger partial charge in [-0.3, -0.25) is 14.5 Å². The lowest BCUT2D eigenvalue weighted by atomic mass is 10.1. The van der Waals surface area contributed by atoms with Crippen molar-refractivity contribution in [2.24, 2.45) is 0 Å². The van der Waals surface area contributed by atoms with Gasteiger partial charge in [0, 0.05) is 6.04 Å². The quantitative estimate of drug-likeness (QED) is 0.560. The lowest BCUT2D eigenvalue weighted by molar-refractivity contribution is -0.127. The molecule has 10 heteroatoms. The van der Waals surface area contributed by atoms with Gasteiger partial charge in [0.1, 0.15) is 24.2 Å². The minimum Gasteiger partial charge on any atom is -0.458 e. The summed E-state index contributed by atoms with van der Waals surface area (Å²) in [5.74, 6) is -0.0372. The Hall–Kier alpha value is -3.56. The summed E-state index contributed by atoms with van der Waals surface area (Å²) >= 11 is 0. The number of amides is 2. The first-order valence-corrected chi connectivity index (χ1v) is 11.2. The number of hydrogen-bond donors (Lipinski definition) is 1. The standard InChI is InChI=1S/C23H27FN6O3/c1-3-18(23(32)25-16-8-4-5-9-16)30(19-11-7-6-10-17(19)24)21(31)14-29-27-22(26-28-29)20-13-12-15(2)33-20/h6-7,10-13,16,18H,3-5,8-9,14H2,1-2H3,(H,25,32). The van der Waals surface area contributed by atoms with E-state index in [4.69, 9.17) is 4.42 Å². The Morgan fingerprint density at radius 3 is 2.67 bits per heavy atom. The lowest BCUT2D eigenvalue weighted by Gasteiger charge is -2.31. The van der Waals surface area contributed by atoms with Crippen molar-refractivity contribution in [2.45, 2.75) is 64.6 Å². The van der Waals surface area contributed by atoms with Gasteiger partial charge in [-0.15, -0.1) is 10.2 Å². The molecule has 2 amide bonds. The number of rotatable bonds is 8. The van der Waals surface area contributed by atoms with Crippen LogP contribution in [0.15, 0.2) is 40.8 Å². The first kappa shape index (κ1) is 22.6. The fraction of sp³-hybridized carbons (Fsp3) is 0.435. The van der Waals surface area contributed by atoms with Gasteiger partial charge in [0.05, 0.1) is 5.69 Å². The van der Waals surface area contributed by atoms with Gasteiger partial charge in [0.15, 0.2) is 5.76 Å². The summed E-state index contributed by atoms with van der Waals surface area (Å²) < 4.78 is 20.2. The highest BCUT2D eigenvalue weighted by molar-refractivity contribution is 6.00. The van der Waals surface area contributed by atoms with Crippen molar-refractivity contribution in [3.8, 4) is 11.6 Å². The maximum absolute atomic E-state index is 14.7. The molecule has 174 valence electrons. The van der Waals surface area contributed by atoms with E-state index in [0.717, 1.165) is 30.5 Å². The van der Waals surface area contributed by atoms with Gasteiger partial charge in [-0.25, -0.2) is 4.39 Å². The van der Waals surface area contributed by atoms with E-state index < -0.39 is 17.8 Å². The van der Waals surface area contributed by atoms with Gasteiger partial charge in [-0.05, 0) is 55.7 Å². The average Bonchev–Trinajstić information content (AvgIpc) is 3.55. The third-order valence-electron chi connectivity index (χ3n) is 5.77. The summed E-state index contributed by atoms with van der Waals surface area (Å²) in [6.07, 6.45) is 4.27. The molecule has 1 fully saturated rings. The highest BCUT2D eigenvalue weighted by Crippen LogP contribution is 2.25. The average molecular weight is 455 g/mol. The Kier molecular flexibility index (Phi) is 6.81. The van der Waals surface area contributed by atoms with Crippen molar-refractivity contribution in [1.29, 1.82) is 0 Å². The summed E-state index contributed by atoms with van der Waals surface area (Å²) in [7, 11) is 0. The summed E-state index contributed by atoms with van der Waals surface area (Å²) in [6, 6.07) is 8.63. The monoisotopic (exact) mass is 454 g/mol. The Balaban J connectivity index is 1.58. The van der Waals surface area contributed by atoms with Gasteiger partial charge >= 0.3 is 0 Å². The number of para-hydroxylation sites is 1. The maximum Gasteiger partial charge on any atom is 0.251 e. The number of tetrazole rings is 1. The number of furan rings is 1. The Morgan fingerprint density at radius 2 is 2.00 bits per heavy atom. The van der Waals surface area contributed by atoms with Gasteiger partial charge < -0.3 is 9.73 Å². The largest absolute Gasteiger partial charge is 0.458 e. The Morgan fingerprint density at radius 1 is 1.24 bits per heavy atom. The Labute approximate surface area is 190 Å². The number of hydrogen-bond acceptors (Lipinski definition) is 6. The molecule has 0 spiro atoms. The molecule has 1 aliphatic rings. The van der Waals surface area contributed by atoms with Crippen LogP contribution in [0.25, 0.3) is 11.6 Å².